The van der Waals surface area contributed by atoms with Gasteiger partial charge in [-0.05, 0) is 42.8 Å². The second-order valence-electron chi connectivity index (χ2n) is 6.61. The molecule has 0 aromatic heterocycles. The van der Waals surface area contributed by atoms with E-state index in [1.54, 1.807) is 51.4 Å². The Labute approximate surface area is 165 Å². The zero-order valence-corrected chi connectivity index (χ0v) is 16.6. The minimum absolute atomic E-state index is 0.0517. The Balaban J connectivity index is 1.98. The molecule has 0 aliphatic rings. The van der Waals surface area contributed by atoms with Crippen LogP contribution in [0.15, 0.2) is 42.5 Å². The van der Waals surface area contributed by atoms with Crippen LogP contribution in [0.3, 0.4) is 0 Å². The second-order valence-corrected chi connectivity index (χ2v) is 6.61. The van der Waals surface area contributed by atoms with Crippen LogP contribution in [0, 0.1) is 6.92 Å². The molecule has 28 heavy (non-hydrogen) atoms. The van der Waals surface area contributed by atoms with Crippen molar-refractivity contribution in [1.29, 1.82) is 0 Å². The molecule has 2 aromatic rings. The SMILES string of the molecule is CCC(=O)Nc1cc(NCC(=O)Nc2cccc(C(=O)N(C)C)c2)ccc1C. The molecule has 7 nitrogen and oxygen atoms in total. The van der Waals surface area contributed by atoms with Crippen molar-refractivity contribution in [2.75, 3.05) is 36.6 Å². The van der Waals surface area contributed by atoms with Crippen LogP contribution in [0.1, 0.15) is 29.3 Å². The third-order valence-corrected chi connectivity index (χ3v) is 4.09. The fourth-order valence-corrected chi connectivity index (χ4v) is 2.48. The number of rotatable bonds is 7. The van der Waals surface area contributed by atoms with Gasteiger partial charge in [0.05, 0.1) is 6.54 Å². The van der Waals surface area contributed by atoms with Crippen LogP contribution in [0.4, 0.5) is 17.1 Å². The zero-order chi connectivity index (χ0) is 20.7. The molecular formula is C21H26N4O3. The average molecular weight is 382 g/mol. The van der Waals surface area contributed by atoms with Gasteiger partial charge >= 0.3 is 0 Å². The van der Waals surface area contributed by atoms with Crippen molar-refractivity contribution in [2.45, 2.75) is 20.3 Å². The van der Waals surface area contributed by atoms with Crippen molar-refractivity contribution in [3.05, 3.63) is 53.6 Å². The first kappa shape index (κ1) is 21.0. The monoisotopic (exact) mass is 382 g/mol. The lowest BCUT2D eigenvalue weighted by Gasteiger charge is -2.13. The highest BCUT2D eigenvalue weighted by molar-refractivity contribution is 5.98. The van der Waals surface area contributed by atoms with Crippen molar-refractivity contribution in [1.82, 2.24) is 4.90 Å². The van der Waals surface area contributed by atoms with Crippen molar-refractivity contribution in [3.63, 3.8) is 0 Å². The van der Waals surface area contributed by atoms with Crippen LogP contribution in [0.2, 0.25) is 0 Å². The lowest BCUT2D eigenvalue weighted by Crippen LogP contribution is -2.23. The Morgan fingerprint density at radius 1 is 0.929 bits per heavy atom. The molecule has 0 heterocycles. The van der Waals surface area contributed by atoms with E-state index in [0.717, 1.165) is 11.3 Å². The summed E-state index contributed by atoms with van der Waals surface area (Å²) in [5.41, 5.74) is 3.44. The van der Waals surface area contributed by atoms with Crippen LogP contribution in [0.5, 0.6) is 0 Å². The van der Waals surface area contributed by atoms with Crippen molar-refractivity contribution in [3.8, 4) is 0 Å². The first-order chi connectivity index (χ1) is 13.3. The highest BCUT2D eigenvalue weighted by Crippen LogP contribution is 2.20. The summed E-state index contributed by atoms with van der Waals surface area (Å²) >= 11 is 0. The number of hydrogen-bond acceptors (Lipinski definition) is 4. The summed E-state index contributed by atoms with van der Waals surface area (Å²) in [6.45, 7) is 3.75. The normalized spacial score (nSPS) is 10.1. The molecule has 0 radical (unpaired) electrons. The topological polar surface area (TPSA) is 90.5 Å². The van der Waals surface area contributed by atoms with Gasteiger partial charge in [-0.15, -0.1) is 0 Å². The van der Waals surface area contributed by atoms with Crippen molar-refractivity contribution in [2.24, 2.45) is 0 Å². The molecule has 0 bridgehead atoms. The molecule has 0 aliphatic heterocycles. The standard InChI is InChI=1S/C21H26N4O3/c1-5-19(26)24-18-12-16(10-9-14(18)2)22-13-20(27)23-17-8-6-7-15(11-17)21(28)25(3)4/h6-12,22H,5,13H2,1-4H3,(H,23,27)(H,24,26). The van der Waals surface area contributed by atoms with E-state index in [9.17, 15) is 14.4 Å². The number of benzene rings is 2. The fraction of sp³-hybridized carbons (Fsp3) is 0.286. The Bertz CT molecular complexity index is 878. The number of anilines is 3. The summed E-state index contributed by atoms with van der Waals surface area (Å²) in [4.78, 5) is 37.3. The van der Waals surface area contributed by atoms with Crippen LogP contribution in [-0.2, 0) is 9.59 Å². The van der Waals surface area contributed by atoms with Crippen LogP contribution in [-0.4, -0.2) is 43.3 Å². The highest BCUT2D eigenvalue weighted by atomic mass is 16.2. The Morgan fingerprint density at radius 2 is 1.68 bits per heavy atom. The number of carbonyl (C=O) groups excluding carboxylic acids is 3. The summed E-state index contributed by atoms with van der Waals surface area (Å²) in [6, 6.07) is 12.3. The Morgan fingerprint density at radius 3 is 2.36 bits per heavy atom. The summed E-state index contributed by atoms with van der Waals surface area (Å²) in [7, 11) is 3.35. The molecule has 2 rings (SSSR count). The van der Waals surface area contributed by atoms with Gasteiger partial charge in [-0.2, -0.15) is 0 Å². The van der Waals surface area contributed by atoms with Gasteiger partial charge in [0.15, 0.2) is 0 Å². The molecule has 3 N–H and O–H groups in total. The van der Waals surface area contributed by atoms with Crippen LogP contribution in [0.25, 0.3) is 0 Å². The number of aryl methyl sites for hydroxylation is 1. The molecule has 0 saturated carbocycles. The molecular weight excluding hydrogens is 356 g/mol. The van der Waals surface area contributed by atoms with Gasteiger partial charge in [0.2, 0.25) is 11.8 Å². The number of amides is 3. The molecule has 3 amide bonds. The quantitative estimate of drug-likeness (QED) is 0.686. The molecule has 0 aliphatic carbocycles. The third kappa shape index (κ3) is 5.84. The molecule has 7 heteroatoms. The Hall–Kier alpha value is -3.35. The molecule has 148 valence electrons. The van der Waals surface area contributed by atoms with E-state index in [1.807, 2.05) is 19.1 Å². The minimum atomic E-state index is -0.242. The van der Waals surface area contributed by atoms with E-state index >= 15 is 0 Å². The number of hydrogen-bond donors (Lipinski definition) is 3. The van der Waals surface area contributed by atoms with Gasteiger partial charge in [-0.25, -0.2) is 0 Å². The molecule has 0 saturated heterocycles. The van der Waals surface area contributed by atoms with E-state index in [-0.39, 0.29) is 24.3 Å². The molecule has 0 spiro atoms. The predicted octanol–water partition coefficient (Wildman–Crippen LogP) is 3.10. The van der Waals surface area contributed by atoms with E-state index in [0.29, 0.717) is 23.4 Å². The number of nitrogens with zero attached hydrogens (tertiary/aromatic N) is 1. The van der Waals surface area contributed by atoms with Gasteiger partial charge in [-0.1, -0.05) is 19.1 Å². The third-order valence-electron chi connectivity index (χ3n) is 4.09. The van der Waals surface area contributed by atoms with E-state index in [1.165, 1.54) is 4.90 Å². The summed E-state index contributed by atoms with van der Waals surface area (Å²) in [6.07, 6.45) is 0.398. The van der Waals surface area contributed by atoms with Crippen molar-refractivity contribution >= 4 is 34.8 Å². The van der Waals surface area contributed by atoms with Crippen LogP contribution >= 0.6 is 0 Å². The van der Waals surface area contributed by atoms with Gasteiger partial charge in [-0.3, -0.25) is 14.4 Å². The zero-order valence-electron chi connectivity index (χ0n) is 16.6. The molecule has 0 atom stereocenters. The van der Waals surface area contributed by atoms with E-state index in [2.05, 4.69) is 16.0 Å². The molecule has 2 aromatic carbocycles. The fourth-order valence-electron chi connectivity index (χ4n) is 2.48. The van der Waals surface area contributed by atoms with Gasteiger partial charge in [0.25, 0.3) is 5.91 Å². The summed E-state index contributed by atoms with van der Waals surface area (Å²) in [5, 5.41) is 8.65. The summed E-state index contributed by atoms with van der Waals surface area (Å²) < 4.78 is 0. The lowest BCUT2D eigenvalue weighted by molar-refractivity contribution is -0.116. The second kappa shape index (κ2) is 9.55. The molecule has 0 unspecified atom stereocenters. The van der Waals surface area contributed by atoms with Gasteiger partial charge in [0.1, 0.15) is 0 Å². The first-order valence-corrected chi connectivity index (χ1v) is 9.06. The minimum Gasteiger partial charge on any atom is -0.376 e. The van der Waals surface area contributed by atoms with Gasteiger partial charge < -0.3 is 20.9 Å². The molecule has 0 fully saturated rings. The maximum atomic E-state index is 12.2. The van der Waals surface area contributed by atoms with E-state index < -0.39 is 0 Å². The van der Waals surface area contributed by atoms with E-state index in [4.69, 9.17) is 0 Å². The maximum absolute atomic E-state index is 12.2. The largest absolute Gasteiger partial charge is 0.376 e. The smallest absolute Gasteiger partial charge is 0.253 e. The Kier molecular flexibility index (Phi) is 7.14. The lowest BCUT2D eigenvalue weighted by atomic mass is 10.1. The highest BCUT2D eigenvalue weighted by Gasteiger charge is 2.10. The maximum Gasteiger partial charge on any atom is 0.253 e. The van der Waals surface area contributed by atoms with Crippen molar-refractivity contribution < 1.29 is 14.4 Å². The number of carbonyl (C=O) groups is 3. The summed E-state index contributed by atoms with van der Waals surface area (Å²) in [5.74, 6) is -0.435. The predicted molar refractivity (Wildman–Crippen MR) is 112 cm³/mol. The van der Waals surface area contributed by atoms with Gasteiger partial charge in [0, 0.05) is 43.1 Å². The number of nitrogens with one attached hydrogen (secondary N) is 3. The first-order valence-electron chi connectivity index (χ1n) is 9.06. The van der Waals surface area contributed by atoms with Crippen LogP contribution < -0.4 is 16.0 Å². The average Bonchev–Trinajstić information content (AvgIpc) is 2.67.